The maximum Gasteiger partial charge on any atom is 0.326 e. The lowest BCUT2D eigenvalue weighted by Crippen LogP contribution is -2.41. The van der Waals surface area contributed by atoms with E-state index in [-0.39, 0.29) is 30.1 Å². The minimum absolute atomic E-state index is 0.00879. The highest BCUT2D eigenvalue weighted by atomic mass is 19.1. The maximum absolute atomic E-state index is 13.0. The second-order valence-corrected chi connectivity index (χ2v) is 6.34. The number of carbonyl (C=O) groups is 3. The monoisotopic (exact) mass is 345 g/mol. The average Bonchev–Trinajstić information content (AvgIpc) is 2.80. The first-order valence-corrected chi connectivity index (χ1v) is 8.15. The van der Waals surface area contributed by atoms with E-state index in [0.717, 1.165) is 16.0 Å². The van der Waals surface area contributed by atoms with Crippen LogP contribution in [0.1, 0.15) is 18.4 Å². The number of likely N-dealkylation sites (N-methyl/N-ethyl adjacent to an activating group) is 2. The third kappa shape index (κ3) is 3.26. The van der Waals surface area contributed by atoms with Crippen LogP contribution in [-0.2, 0) is 9.59 Å². The molecule has 0 spiro atoms. The van der Waals surface area contributed by atoms with Gasteiger partial charge in [-0.3, -0.25) is 14.5 Å². The van der Waals surface area contributed by atoms with Gasteiger partial charge in [0.05, 0.1) is 6.42 Å². The molecule has 1 unspecified atom stereocenters. The van der Waals surface area contributed by atoms with Crippen molar-refractivity contribution in [2.75, 3.05) is 27.2 Å². The molecule has 0 saturated carbocycles. The fourth-order valence-corrected chi connectivity index (χ4v) is 3.19. The van der Waals surface area contributed by atoms with E-state index in [1.165, 1.54) is 31.1 Å². The van der Waals surface area contributed by atoms with Crippen LogP contribution in [0.3, 0.4) is 0 Å². The van der Waals surface area contributed by atoms with Gasteiger partial charge in [-0.2, -0.15) is 0 Å². The number of benzene rings is 1. The highest BCUT2D eigenvalue weighted by Crippen LogP contribution is 2.24. The molecule has 4 amide bonds. The summed E-state index contributed by atoms with van der Waals surface area (Å²) in [6.45, 7) is 0.983. The number of carbonyl (C=O) groups excluding carboxylic acids is 3. The molecule has 132 valence electrons. The van der Waals surface area contributed by atoms with Gasteiger partial charge >= 0.3 is 6.03 Å². The predicted octanol–water partition coefficient (Wildman–Crippen LogP) is 1.72. The van der Waals surface area contributed by atoms with Crippen molar-refractivity contribution in [2.45, 2.75) is 18.9 Å². The molecule has 6 nitrogen and oxygen atoms in total. The van der Waals surface area contributed by atoms with Gasteiger partial charge in [0.15, 0.2) is 0 Å². The fourth-order valence-electron chi connectivity index (χ4n) is 3.19. The highest BCUT2D eigenvalue weighted by Gasteiger charge is 2.42. The molecule has 0 bridgehead atoms. The second kappa shape index (κ2) is 6.66. The van der Waals surface area contributed by atoms with E-state index in [2.05, 4.69) is 0 Å². The number of nitrogens with zero attached hydrogens (tertiary/aromatic N) is 3. The second-order valence-electron chi connectivity index (χ2n) is 6.34. The van der Waals surface area contributed by atoms with E-state index in [9.17, 15) is 18.8 Å². The zero-order valence-corrected chi connectivity index (χ0v) is 14.2. The molecular weight excluding hydrogens is 325 g/mol. The lowest BCUT2D eigenvalue weighted by molar-refractivity contribution is -0.136. The van der Waals surface area contributed by atoms with Gasteiger partial charge in [-0.1, -0.05) is 18.2 Å². The Morgan fingerprint density at radius 2 is 1.88 bits per heavy atom. The molecule has 1 aromatic carbocycles. The Bertz CT molecular complexity index is 744. The Kier molecular flexibility index (Phi) is 4.57. The number of amides is 4. The summed E-state index contributed by atoms with van der Waals surface area (Å²) in [5, 5.41) is 0. The smallest absolute Gasteiger partial charge is 0.326 e. The summed E-state index contributed by atoms with van der Waals surface area (Å²) >= 11 is 0. The number of halogens is 1. The number of imide groups is 1. The summed E-state index contributed by atoms with van der Waals surface area (Å²) in [6.07, 6.45) is 2.61. The number of hydrogen-bond acceptors (Lipinski definition) is 3. The third-order valence-corrected chi connectivity index (χ3v) is 4.82. The quantitative estimate of drug-likeness (QED) is 0.784. The first-order valence-electron chi connectivity index (χ1n) is 8.15. The normalized spacial score (nSPS) is 21.0. The SMILES string of the molecule is CN1C(=O)C(CC(=O)N2CC=C(c3ccc(F)cc3)CC2)N(C)C1=O. The van der Waals surface area contributed by atoms with E-state index >= 15 is 0 Å². The summed E-state index contributed by atoms with van der Waals surface area (Å²) in [5.41, 5.74) is 2.03. The Hall–Kier alpha value is -2.70. The molecule has 2 heterocycles. The van der Waals surface area contributed by atoms with E-state index in [0.29, 0.717) is 19.5 Å². The van der Waals surface area contributed by atoms with Crippen molar-refractivity contribution in [1.82, 2.24) is 14.7 Å². The molecule has 1 saturated heterocycles. The van der Waals surface area contributed by atoms with Crippen LogP contribution in [0.5, 0.6) is 0 Å². The lowest BCUT2D eigenvalue weighted by atomic mass is 9.99. The molecule has 1 aromatic rings. The van der Waals surface area contributed by atoms with Gasteiger partial charge in [0.1, 0.15) is 11.9 Å². The lowest BCUT2D eigenvalue weighted by Gasteiger charge is -2.28. The number of urea groups is 1. The standard InChI is InChI=1S/C18H20FN3O3/c1-20-15(17(24)21(2)18(20)25)11-16(23)22-9-7-13(8-10-22)12-3-5-14(19)6-4-12/h3-7,15H,8-11H2,1-2H3. The van der Waals surface area contributed by atoms with Gasteiger partial charge in [0.25, 0.3) is 5.91 Å². The van der Waals surface area contributed by atoms with E-state index in [1.54, 1.807) is 17.0 Å². The first-order chi connectivity index (χ1) is 11.9. The molecule has 25 heavy (non-hydrogen) atoms. The topological polar surface area (TPSA) is 60.9 Å². The van der Waals surface area contributed by atoms with Gasteiger partial charge in [-0.15, -0.1) is 0 Å². The predicted molar refractivity (Wildman–Crippen MR) is 89.9 cm³/mol. The van der Waals surface area contributed by atoms with Gasteiger partial charge in [-0.05, 0) is 29.7 Å². The van der Waals surface area contributed by atoms with Crippen molar-refractivity contribution in [2.24, 2.45) is 0 Å². The van der Waals surface area contributed by atoms with Gasteiger partial charge < -0.3 is 9.80 Å². The third-order valence-electron chi connectivity index (χ3n) is 4.82. The van der Waals surface area contributed by atoms with Crippen LogP contribution in [0.15, 0.2) is 30.3 Å². The van der Waals surface area contributed by atoms with Crippen molar-refractivity contribution in [3.05, 3.63) is 41.7 Å². The van der Waals surface area contributed by atoms with Crippen LogP contribution in [0, 0.1) is 5.82 Å². The zero-order valence-electron chi connectivity index (χ0n) is 14.2. The van der Waals surface area contributed by atoms with Crippen LogP contribution in [0.4, 0.5) is 9.18 Å². The molecule has 2 aliphatic rings. The van der Waals surface area contributed by atoms with Crippen molar-refractivity contribution < 1.29 is 18.8 Å². The van der Waals surface area contributed by atoms with E-state index < -0.39 is 6.04 Å². The Labute approximate surface area is 145 Å². The van der Waals surface area contributed by atoms with Crippen LogP contribution < -0.4 is 0 Å². The molecule has 1 atom stereocenters. The Morgan fingerprint density at radius 3 is 2.40 bits per heavy atom. The Balaban J connectivity index is 1.63. The summed E-state index contributed by atoms with van der Waals surface area (Å²) in [7, 11) is 2.95. The van der Waals surface area contributed by atoms with Crippen molar-refractivity contribution in [3.8, 4) is 0 Å². The first kappa shape index (κ1) is 17.1. The Morgan fingerprint density at radius 1 is 1.20 bits per heavy atom. The fraction of sp³-hybridized carbons (Fsp3) is 0.389. The summed E-state index contributed by atoms with van der Waals surface area (Å²) in [4.78, 5) is 40.4. The molecule has 1 fully saturated rings. The van der Waals surface area contributed by atoms with Crippen LogP contribution in [-0.4, -0.2) is 65.8 Å². The average molecular weight is 345 g/mol. The largest absolute Gasteiger partial charge is 0.339 e. The maximum atomic E-state index is 13.0. The van der Waals surface area contributed by atoms with Gasteiger partial charge in [-0.25, -0.2) is 9.18 Å². The zero-order chi connectivity index (χ0) is 18.1. The minimum atomic E-state index is -0.729. The molecular formula is C18H20FN3O3. The van der Waals surface area contributed by atoms with E-state index in [4.69, 9.17) is 0 Å². The van der Waals surface area contributed by atoms with Crippen LogP contribution in [0.2, 0.25) is 0 Å². The number of rotatable bonds is 3. The minimum Gasteiger partial charge on any atom is -0.339 e. The summed E-state index contributed by atoms with van der Waals surface area (Å²) < 4.78 is 13.0. The van der Waals surface area contributed by atoms with Crippen LogP contribution >= 0.6 is 0 Å². The summed E-state index contributed by atoms with van der Waals surface area (Å²) in [5.74, 6) is -0.773. The molecule has 0 N–H and O–H groups in total. The van der Waals surface area contributed by atoms with Crippen molar-refractivity contribution >= 4 is 23.4 Å². The molecule has 0 aromatic heterocycles. The molecule has 7 heteroatoms. The van der Waals surface area contributed by atoms with Crippen molar-refractivity contribution in [1.29, 1.82) is 0 Å². The molecule has 3 rings (SSSR count). The molecule has 0 aliphatic carbocycles. The van der Waals surface area contributed by atoms with Crippen LogP contribution in [0.25, 0.3) is 5.57 Å². The van der Waals surface area contributed by atoms with Gasteiger partial charge in [0, 0.05) is 27.2 Å². The summed E-state index contributed by atoms with van der Waals surface area (Å²) in [6, 6.07) is 5.18. The van der Waals surface area contributed by atoms with E-state index in [1.807, 2.05) is 6.08 Å². The molecule has 2 aliphatic heterocycles. The van der Waals surface area contributed by atoms with Gasteiger partial charge in [0.2, 0.25) is 5.91 Å². The van der Waals surface area contributed by atoms with Crippen molar-refractivity contribution in [3.63, 3.8) is 0 Å². The molecule has 0 radical (unpaired) electrons. The number of hydrogen-bond donors (Lipinski definition) is 0. The highest BCUT2D eigenvalue weighted by molar-refractivity contribution is 6.05.